The van der Waals surface area contributed by atoms with Gasteiger partial charge in [-0.05, 0) is 30.0 Å². The highest BCUT2D eigenvalue weighted by atomic mass is 16.5. The van der Waals surface area contributed by atoms with E-state index in [1.165, 1.54) is 10.6 Å². The molecular formula is C25H27N3O4. The molecule has 0 unspecified atom stereocenters. The van der Waals surface area contributed by atoms with Crippen LogP contribution in [0.1, 0.15) is 42.9 Å². The lowest BCUT2D eigenvalue weighted by atomic mass is 9.99. The Bertz CT molecular complexity index is 1030. The van der Waals surface area contributed by atoms with Crippen LogP contribution < -0.4 is 0 Å². The smallest absolute Gasteiger partial charge is 0.307 e. The first-order chi connectivity index (χ1) is 15.5. The quantitative estimate of drug-likeness (QED) is 0.656. The number of fused-ring (bicyclic) bond motifs is 1. The second kappa shape index (κ2) is 9.77. The number of carbonyl (C=O) groups is 3. The molecule has 0 radical (unpaired) electrons. The number of hydrazone groups is 1. The van der Waals surface area contributed by atoms with Gasteiger partial charge in [0.1, 0.15) is 0 Å². The van der Waals surface area contributed by atoms with Crippen LogP contribution in [-0.2, 0) is 32.1 Å². The van der Waals surface area contributed by atoms with Crippen molar-refractivity contribution in [1.82, 2.24) is 9.91 Å². The van der Waals surface area contributed by atoms with Gasteiger partial charge in [0.05, 0.1) is 18.7 Å². The van der Waals surface area contributed by atoms with Crippen molar-refractivity contribution in [2.45, 2.75) is 45.3 Å². The van der Waals surface area contributed by atoms with Crippen LogP contribution in [0.25, 0.3) is 0 Å². The van der Waals surface area contributed by atoms with Crippen molar-refractivity contribution in [3.05, 3.63) is 71.3 Å². The maximum Gasteiger partial charge on any atom is 0.307 e. The molecule has 2 amide bonds. The molecule has 0 spiro atoms. The van der Waals surface area contributed by atoms with Crippen molar-refractivity contribution < 1.29 is 19.1 Å². The predicted molar refractivity (Wildman–Crippen MR) is 120 cm³/mol. The Hall–Kier alpha value is -3.48. The number of carbonyl (C=O) groups excluding carboxylic acids is 3. The van der Waals surface area contributed by atoms with E-state index in [1.807, 2.05) is 48.5 Å². The summed E-state index contributed by atoms with van der Waals surface area (Å²) >= 11 is 0. The van der Waals surface area contributed by atoms with E-state index in [0.717, 1.165) is 23.3 Å². The van der Waals surface area contributed by atoms with E-state index in [0.29, 0.717) is 26.1 Å². The maximum atomic E-state index is 12.7. The molecule has 0 aromatic heterocycles. The number of benzene rings is 2. The molecule has 32 heavy (non-hydrogen) atoms. The van der Waals surface area contributed by atoms with Gasteiger partial charge in [0.2, 0.25) is 5.91 Å². The van der Waals surface area contributed by atoms with Gasteiger partial charge in [0, 0.05) is 25.9 Å². The molecule has 4 rings (SSSR count). The van der Waals surface area contributed by atoms with Gasteiger partial charge >= 0.3 is 5.97 Å². The summed E-state index contributed by atoms with van der Waals surface area (Å²) in [6, 6.07) is 17.8. The summed E-state index contributed by atoms with van der Waals surface area (Å²) in [7, 11) is 0. The van der Waals surface area contributed by atoms with Crippen LogP contribution in [0.15, 0.2) is 59.7 Å². The third kappa shape index (κ3) is 5.04. The van der Waals surface area contributed by atoms with Gasteiger partial charge in [-0.15, -0.1) is 0 Å². The predicted octanol–water partition coefficient (Wildman–Crippen LogP) is 2.92. The molecule has 0 saturated heterocycles. The number of hydrogen-bond acceptors (Lipinski definition) is 5. The molecule has 0 bridgehead atoms. The largest absolute Gasteiger partial charge is 0.453 e. The first-order valence-corrected chi connectivity index (χ1v) is 11.0. The molecule has 0 fully saturated rings. The highest BCUT2D eigenvalue weighted by Crippen LogP contribution is 2.20. The molecule has 2 aliphatic rings. The van der Waals surface area contributed by atoms with E-state index in [9.17, 15) is 14.4 Å². The summed E-state index contributed by atoms with van der Waals surface area (Å²) in [6.07, 6.45) is 0.523. The first kappa shape index (κ1) is 21.7. The molecule has 166 valence electrons. The summed E-state index contributed by atoms with van der Waals surface area (Å²) in [5.74, 6) is -0.988. The molecule has 2 heterocycles. The standard InChI is InChI=1S/C25H27N3O4/c1-18(25(31)27-15-13-19-7-5-6-10-21(19)17-27)32-24(30)12-11-23(29)28-16-14-22(26-28)20-8-3-2-4-9-20/h2-10,18H,11-17H2,1H3/t18-/m0/s1. The Labute approximate surface area is 187 Å². The van der Waals surface area contributed by atoms with E-state index in [1.54, 1.807) is 11.8 Å². The minimum absolute atomic E-state index is 0.00238. The lowest BCUT2D eigenvalue weighted by molar-refractivity contribution is -0.160. The first-order valence-electron chi connectivity index (χ1n) is 11.0. The van der Waals surface area contributed by atoms with Crippen molar-refractivity contribution in [2.24, 2.45) is 5.10 Å². The van der Waals surface area contributed by atoms with Gasteiger partial charge < -0.3 is 9.64 Å². The van der Waals surface area contributed by atoms with E-state index < -0.39 is 12.1 Å². The molecule has 1 atom stereocenters. The Balaban J connectivity index is 1.24. The van der Waals surface area contributed by atoms with Crippen molar-refractivity contribution in [2.75, 3.05) is 13.1 Å². The SMILES string of the molecule is C[C@H](OC(=O)CCC(=O)N1CCC(c2ccccc2)=N1)C(=O)N1CCc2ccccc2C1. The van der Waals surface area contributed by atoms with Crippen LogP contribution in [0.4, 0.5) is 0 Å². The Kier molecular flexibility index (Phi) is 6.63. The second-order valence-corrected chi connectivity index (χ2v) is 8.09. The summed E-state index contributed by atoms with van der Waals surface area (Å²) < 4.78 is 5.32. The molecule has 0 N–H and O–H groups in total. The normalized spacial score (nSPS) is 16.2. The van der Waals surface area contributed by atoms with Crippen molar-refractivity contribution >= 4 is 23.5 Å². The van der Waals surface area contributed by atoms with Crippen LogP contribution in [0.3, 0.4) is 0 Å². The summed E-state index contributed by atoms with van der Waals surface area (Å²) in [4.78, 5) is 39.1. The molecule has 7 nitrogen and oxygen atoms in total. The zero-order valence-electron chi connectivity index (χ0n) is 18.2. The molecule has 7 heteroatoms. The number of ether oxygens (including phenoxy) is 1. The molecule has 2 aliphatic heterocycles. The number of rotatable bonds is 6. The molecule has 2 aromatic carbocycles. The summed E-state index contributed by atoms with van der Waals surface area (Å²) in [6.45, 7) is 3.21. The van der Waals surface area contributed by atoms with E-state index in [-0.39, 0.29) is 24.7 Å². The van der Waals surface area contributed by atoms with E-state index in [4.69, 9.17) is 4.74 Å². The van der Waals surface area contributed by atoms with Crippen molar-refractivity contribution in [3.8, 4) is 0 Å². The highest BCUT2D eigenvalue weighted by Gasteiger charge is 2.28. The molecule has 0 aliphatic carbocycles. The average molecular weight is 434 g/mol. The number of hydrogen-bond donors (Lipinski definition) is 0. The lowest BCUT2D eigenvalue weighted by Crippen LogP contribution is -2.42. The number of nitrogens with zero attached hydrogens (tertiary/aromatic N) is 3. The Morgan fingerprint density at radius 2 is 1.66 bits per heavy atom. The van der Waals surface area contributed by atoms with Gasteiger partial charge in [-0.1, -0.05) is 54.6 Å². The second-order valence-electron chi connectivity index (χ2n) is 8.09. The summed E-state index contributed by atoms with van der Waals surface area (Å²) in [5, 5.41) is 5.80. The Morgan fingerprint density at radius 1 is 0.938 bits per heavy atom. The fourth-order valence-corrected chi connectivity index (χ4v) is 4.06. The monoisotopic (exact) mass is 433 g/mol. The van der Waals surface area contributed by atoms with Crippen LogP contribution in [0.2, 0.25) is 0 Å². The Morgan fingerprint density at radius 3 is 2.44 bits per heavy atom. The van der Waals surface area contributed by atoms with Gasteiger partial charge in [-0.25, -0.2) is 5.01 Å². The van der Waals surface area contributed by atoms with Gasteiger partial charge in [0.15, 0.2) is 6.10 Å². The third-order valence-corrected chi connectivity index (χ3v) is 5.84. The maximum absolute atomic E-state index is 12.7. The minimum Gasteiger partial charge on any atom is -0.453 e. The number of esters is 1. The average Bonchev–Trinajstić information content (AvgIpc) is 3.33. The van der Waals surface area contributed by atoms with Crippen molar-refractivity contribution in [1.29, 1.82) is 0 Å². The van der Waals surface area contributed by atoms with Gasteiger partial charge in [0.25, 0.3) is 5.91 Å². The summed E-state index contributed by atoms with van der Waals surface area (Å²) in [5.41, 5.74) is 4.23. The van der Waals surface area contributed by atoms with Gasteiger partial charge in [-0.3, -0.25) is 14.4 Å². The van der Waals surface area contributed by atoms with Crippen LogP contribution in [-0.4, -0.2) is 52.6 Å². The minimum atomic E-state index is -0.877. The van der Waals surface area contributed by atoms with Crippen LogP contribution in [0, 0.1) is 0 Å². The lowest BCUT2D eigenvalue weighted by Gasteiger charge is -2.30. The third-order valence-electron chi connectivity index (χ3n) is 5.84. The molecular weight excluding hydrogens is 406 g/mol. The highest BCUT2D eigenvalue weighted by molar-refractivity contribution is 6.02. The van der Waals surface area contributed by atoms with E-state index in [2.05, 4.69) is 11.2 Å². The van der Waals surface area contributed by atoms with Crippen molar-refractivity contribution in [3.63, 3.8) is 0 Å². The molecule has 2 aromatic rings. The van der Waals surface area contributed by atoms with Crippen LogP contribution >= 0.6 is 0 Å². The topological polar surface area (TPSA) is 79.3 Å². The molecule has 0 saturated carbocycles. The van der Waals surface area contributed by atoms with Crippen LogP contribution in [0.5, 0.6) is 0 Å². The van der Waals surface area contributed by atoms with E-state index >= 15 is 0 Å². The fourth-order valence-electron chi connectivity index (χ4n) is 4.06. The zero-order valence-corrected chi connectivity index (χ0v) is 18.2. The number of amides is 2. The zero-order chi connectivity index (χ0) is 22.5. The fraction of sp³-hybridized carbons (Fsp3) is 0.360. The van der Waals surface area contributed by atoms with Gasteiger partial charge in [-0.2, -0.15) is 5.10 Å².